The van der Waals surface area contributed by atoms with E-state index < -0.39 is 37.8 Å². The highest BCUT2D eigenvalue weighted by molar-refractivity contribution is 7.53. The van der Waals surface area contributed by atoms with E-state index in [-0.39, 0.29) is 12.7 Å². The standard InChI is InChI=1S/C17H27N4O6P/c1-9(2)25-7-12-14(27-28(23,24)10(3)4)13(22)17(26-12)21-6-5-11-15(18)19-8-20-16(11)21/h5-6,8-10,12-14,17,22H,7H2,1-4H3,(H,23,24)(H2,18,19,20)/t12-,13-,14-,17-/m1/s1. The van der Waals surface area contributed by atoms with Crippen molar-refractivity contribution in [2.45, 2.75) is 64.0 Å². The molecule has 0 aromatic carbocycles. The molecule has 1 aliphatic heterocycles. The fourth-order valence-electron chi connectivity index (χ4n) is 2.99. The van der Waals surface area contributed by atoms with Gasteiger partial charge in [-0.25, -0.2) is 9.97 Å². The van der Waals surface area contributed by atoms with Crippen molar-refractivity contribution in [2.24, 2.45) is 0 Å². The van der Waals surface area contributed by atoms with Crippen LogP contribution in [-0.2, 0) is 18.6 Å². The second-order valence-electron chi connectivity index (χ2n) is 7.38. The van der Waals surface area contributed by atoms with Crippen LogP contribution in [0.1, 0.15) is 33.9 Å². The van der Waals surface area contributed by atoms with Gasteiger partial charge in [0.15, 0.2) is 6.23 Å². The molecular formula is C17H27N4O6P. The Kier molecular flexibility index (Phi) is 6.09. The SMILES string of the molecule is CC(C)OC[C@H]1O[C@@H](n2ccc3c(N)ncnc32)[C@H](O)[C@@H]1OP(=O)(O)C(C)C. The second-order valence-corrected chi connectivity index (χ2v) is 9.76. The van der Waals surface area contributed by atoms with Crippen molar-refractivity contribution < 1.29 is 28.6 Å². The van der Waals surface area contributed by atoms with E-state index in [2.05, 4.69) is 9.97 Å². The van der Waals surface area contributed by atoms with E-state index in [0.29, 0.717) is 16.9 Å². The number of nitrogens with two attached hydrogens (primary N) is 1. The molecule has 3 heterocycles. The third-order valence-corrected chi connectivity index (χ3v) is 6.49. The molecule has 1 unspecified atom stereocenters. The van der Waals surface area contributed by atoms with Gasteiger partial charge in [0.25, 0.3) is 0 Å². The Morgan fingerprint density at radius 1 is 1.36 bits per heavy atom. The number of aliphatic hydroxyl groups excluding tert-OH is 1. The van der Waals surface area contributed by atoms with Crippen molar-refractivity contribution in [1.82, 2.24) is 14.5 Å². The van der Waals surface area contributed by atoms with Crippen LogP contribution in [0.3, 0.4) is 0 Å². The van der Waals surface area contributed by atoms with E-state index in [1.54, 1.807) is 30.7 Å². The van der Waals surface area contributed by atoms with Gasteiger partial charge in [-0.05, 0) is 19.9 Å². The van der Waals surface area contributed by atoms with Gasteiger partial charge < -0.3 is 29.8 Å². The van der Waals surface area contributed by atoms with Crippen molar-refractivity contribution in [3.8, 4) is 0 Å². The molecule has 3 rings (SSSR count). The Balaban J connectivity index is 1.92. The van der Waals surface area contributed by atoms with Crippen molar-refractivity contribution in [3.05, 3.63) is 18.6 Å². The first kappa shape index (κ1) is 21.2. The Hall–Kier alpha value is -1.55. The summed E-state index contributed by atoms with van der Waals surface area (Å²) in [6.07, 6.45) is -0.962. The van der Waals surface area contributed by atoms with E-state index in [4.69, 9.17) is 19.7 Å². The number of rotatable bonds is 7. The summed E-state index contributed by atoms with van der Waals surface area (Å²) in [5, 5.41) is 11.5. The Morgan fingerprint density at radius 2 is 2.07 bits per heavy atom. The number of fused-ring (bicyclic) bond motifs is 1. The van der Waals surface area contributed by atoms with Crippen LogP contribution in [0.15, 0.2) is 18.6 Å². The number of aliphatic hydroxyl groups is 1. The summed E-state index contributed by atoms with van der Waals surface area (Å²) in [6.45, 7) is 6.99. The van der Waals surface area contributed by atoms with Gasteiger partial charge in [0.2, 0.25) is 0 Å². The summed E-state index contributed by atoms with van der Waals surface area (Å²) in [6, 6.07) is 1.72. The lowest BCUT2D eigenvalue weighted by Crippen LogP contribution is -2.37. The maximum absolute atomic E-state index is 12.4. The van der Waals surface area contributed by atoms with Crippen LogP contribution in [0.25, 0.3) is 11.0 Å². The van der Waals surface area contributed by atoms with Crippen LogP contribution in [0.4, 0.5) is 5.82 Å². The maximum atomic E-state index is 12.4. The summed E-state index contributed by atoms with van der Waals surface area (Å²) in [5.74, 6) is 0.309. The molecule has 0 spiro atoms. The average molecular weight is 414 g/mol. The lowest BCUT2D eigenvalue weighted by Gasteiger charge is -2.25. The molecule has 28 heavy (non-hydrogen) atoms. The van der Waals surface area contributed by atoms with Crippen LogP contribution in [0.2, 0.25) is 0 Å². The highest BCUT2D eigenvalue weighted by Gasteiger charge is 2.49. The Bertz CT molecular complexity index is 872. The molecule has 1 saturated heterocycles. The van der Waals surface area contributed by atoms with Gasteiger partial charge in [-0.1, -0.05) is 13.8 Å². The first-order chi connectivity index (χ1) is 13.1. The number of nitrogen functional groups attached to an aromatic ring is 1. The number of hydrogen-bond acceptors (Lipinski definition) is 8. The molecule has 0 aliphatic carbocycles. The summed E-state index contributed by atoms with van der Waals surface area (Å²) in [4.78, 5) is 18.3. The highest BCUT2D eigenvalue weighted by Crippen LogP contribution is 2.51. The molecule has 2 aromatic rings. The molecule has 2 aromatic heterocycles. The van der Waals surface area contributed by atoms with Crippen LogP contribution >= 0.6 is 7.60 Å². The van der Waals surface area contributed by atoms with Gasteiger partial charge in [-0.15, -0.1) is 0 Å². The van der Waals surface area contributed by atoms with Crippen LogP contribution in [-0.4, -0.2) is 61.2 Å². The minimum absolute atomic E-state index is 0.0774. The molecular weight excluding hydrogens is 387 g/mol. The van der Waals surface area contributed by atoms with Crippen molar-refractivity contribution in [2.75, 3.05) is 12.3 Å². The van der Waals surface area contributed by atoms with Gasteiger partial charge in [0.05, 0.1) is 23.8 Å². The van der Waals surface area contributed by atoms with Crippen molar-refractivity contribution in [1.29, 1.82) is 0 Å². The van der Waals surface area contributed by atoms with Crippen molar-refractivity contribution >= 4 is 24.4 Å². The zero-order valence-corrected chi connectivity index (χ0v) is 17.2. The maximum Gasteiger partial charge on any atom is 0.331 e. The third kappa shape index (κ3) is 4.07. The van der Waals surface area contributed by atoms with E-state index in [1.165, 1.54) is 6.33 Å². The molecule has 5 atom stereocenters. The van der Waals surface area contributed by atoms with Gasteiger partial charge >= 0.3 is 7.60 Å². The molecule has 1 fully saturated rings. The summed E-state index contributed by atoms with van der Waals surface area (Å²) >= 11 is 0. The predicted octanol–water partition coefficient (Wildman–Crippen LogP) is 1.68. The zero-order chi connectivity index (χ0) is 20.6. The first-order valence-corrected chi connectivity index (χ1v) is 10.8. The van der Waals surface area contributed by atoms with Crippen LogP contribution in [0.5, 0.6) is 0 Å². The number of anilines is 1. The zero-order valence-electron chi connectivity index (χ0n) is 16.3. The highest BCUT2D eigenvalue weighted by atomic mass is 31.2. The van der Waals surface area contributed by atoms with Gasteiger partial charge in [-0.2, -0.15) is 0 Å². The minimum atomic E-state index is -3.95. The summed E-state index contributed by atoms with van der Waals surface area (Å²) < 4.78 is 31.1. The molecule has 0 bridgehead atoms. The van der Waals surface area contributed by atoms with Gasteiger partial charge in [0.1, 0.15) is 36.1 Å². The fraction of sp³-hybridized carbons (Fsp3) is 0.647. The molecule has 0 radical (unpaired) electrons. The molecule has 0 saturated carbocycles. The third-order valence-electron chi connectivity index (χ3n) is 4.64. The van der Waals surface area contributed by atoms with Crippen LogP contribution < -0.4 is 5.73 Å². The Morgan fingerprint density at radius 3 is 2.71 bits per heavy atom. The first-order valence-electron chi connectivity index (χ1n) is 9.14. The van der Waals surface area contributed by atoms with Gasteiger partial charge in [-0.3, -0.25) is 9.09 Å². The quantitative estimate of drug-likeness (QED) is 0.577. The smallest absolute Gasteiger partial charge is 0.331 e. The number of nitrogens with zero attached hydrogens (tertiary/aromatic N) is 3. The lowest BCUT2D eigenvalue weighted by molar-refractivity contribution is -0.0740. The molecule has 1 aliphatic rings. The monoisotopic (exact) mass is 414 g/mol. The van der Waals surface area contributed by atoms with E-state index in [1.807, 2.05) is 13.8 Å². The Labute approximate surface area is 163 Å². The summed E-state index contributed by atoms with van der Waals surface area (Å²) in [7, 11) is -3.95. The average Bonchev–Trinajstić information content (AvgIpc) is 3.16. The molecule has 0 amide bonds. The lowest BCUT2D eigenvalue weighted by atomic mass is 10.1. The van der Waals surface area contributed by atoms with E-state index >= 15 is 0 Å². The van der Waals surface area contributed by atoms with Gasteiger partial charge in [0, 0.05) is 6.20 Å². The number of hydrogen-bond donors (Lipinski definition) is 3. The summed E-state index contributed by atoms with van der Waals surface area (Å²) in [5.41, 5.74) is 5.74. The minimum Gasteiger partial charge on any atom is -0.386 e. The topological polar surface area (TPSA) is 142 Å². The predicted molar refractivity (Wildman–Crippen MR) is 103 cm³/mol. The van der Waals surface area contributed by atoms with Crippen LogP contribution in [0, 0.1) is 0 Å². The normalized spacial score (nSPS) is 27.7. The molecule has 10 nitrogen and oxygen atoms in total. The second kappa shape index (κ2) is 8.06. The molecule has 4 N–H and O–H groups in total. The molecule has 11 heteroatoms. The largest absolute Gasteiger partial charge is 0.386 e. The van der Waals surface area contributed by atoms with E-state index in [0.717, 1.165) is 0 Å². The van der Waals surface area contributed by atoms with E-state index in [9.17, 15) is 14.6 Å². The van der Waals surface area contributed by atoms with Crippen molar-refractivity contribution in [3.63, 3.8) is 0 Å². The molecule has 156 valence electrons. The number of aromatic nitrogens is 3. The number of ether oxygens (including phenoxy) is 2. The fourth-order valence-corrected chi connectivity index (χ4v) is 3.85.